The van der Waals surface area contributed by atoms with E-state index in [-0.39, 0.29) is 37.2 Å². The molecule has 0 spiro atoms. The summed E-state index contributed by atoms with van der Waals surface area (Å²) in [6.45, 7) is 6.12. The van der Waals surface area contributed by atoms with E-state index in [1.165, 1.54) is 11.1 Å². The van der Waals surface area contributed by atoms with Gasteiger partial charge in [0, 0.05) is 51.0 Å². The molecule has 0 aliphatic carbocycles. The Morgan fingerprint density at radius 3 is 2.33 bits per heavy atom. The third-order valence-electron chi connectivity index (χ3n) is 7.43. The molecule has 0 saturated heterocycles. The minimum Gasteiger partial charge on any atom is -0.315 e. The molecule has 2 N–H and O–H groups in total. The van der Waals surface area contributed by atoms with Gasteiger partial charge in [0.15, 0.2) is 0 Å². The van der Waals surface area contributed by atoms with E-state index < -0.39 is 13.0 Å². The normalized spacial score (nSPS) is 14.8. The summed E-state index contributed by atoms with van der Waals surface area (Å²) >= 11 is 0. The second-order valence-electron chi connectivity index (χ2n) is 10.2. The molecular formula is C29H38F2N6O3. The minimum atomic E-state index is -2.64. The van der Waals surface area contributed by atoms with Crippen molar-refractivity contribution in [1.29, 1.82) is 0 Å². The number of hydrogen-bond donors (Lipinski definition) is 2. The Labute approximate surface area is 234 Å². The summed E-state index contributed by atoms with van der Waals surface area (Å²) in [4.78, 5) is 41.4. The van der Waals surface area contributed by atoms with Crippen LogP contribution >= 0.6 is 0 Å². The number of anilines is 2. The average molecular weight is 557 g/mol. The zero-order chi connectivity index (χ0) is 28.8. The van der Waals surface area contributed by atoms with E-state index in [0.29, 0.717) is 49.5 Å². The molecule has 0 saturated carbocycles. The molecule has 0 radical (unpaired) electrons. The van der Waals surface area contributed by atoms with Crippen molar-refractivity contribution < 1.29 is 23.2 Å². The van der Waals surface area contributed by atoms with E-state index in [2.05, 4.69) is 22.8 Å². The van der Waals surface area contributed by atoms with E-state index >= 15 is 0 Å². The molecule has 0 fully saturated rings. The lowest BCUT2D eigenvalue weighted by Gasteiger charge is -2.32. The second kappa shape index (κ2) is 13.3. The van der Waals surface area contributed by atoms with Gasteiger partial charge in [0.2, 0.25) is 11.8 Å². The molecule has 2 aromatic rings. The van der Waals surface area contributed by atoms with Gasteiger partial charge in [-0.1, -0.05) is 31.2 Å². The number of amides is 3. The molecular weight excluding hydrogens is 518 g/mol. The highest BCUT2D eigenvalue weighted by atomic mass is 19.3. The van der Waals surface area contributed by atoms with Crippen molar-refractivity contribution in [3.05, 3.63) is 58.7 Å². The van der Waals surface area contributed by atoms with Crippen LogP contribution in [0.4, 0.5) is 20.2 Å². The lowest BCUT2D eigenvalue weighted by molar-refractivity contribution is -0.145. The molecule has 11 heteroatoms. The summed E-state index contributed by atoms with van der Waals surface area (Å²) in [7, 11) is 1.74. The van der Waals surface area contributed by atoms with E-state index in [9.17, 15) is 23.2 Å². The summed E-state index contributed by atoms with van der Waals surface area (Å²) in [6.07, 6.45) is -2.07. The van der Waals surface area contributed by atoms with Gasteiger partial charge in [0.05, 0.1) is 19.6 Å². The number of benzene rings is 2. The van der Waals surface area contributed by atoms with Crippen molar-refractivity contribution in [2.45, 2.75) is 46.2 Å². The van der Waals surface area contributed by atoms with Crippen LogP contribution in [0.15, 0.2) is 36.4 Å². The van der Waals surface area contributed by atoms with Gasteiger partial charge in [-0.05, 0) is 54.3 Å². The molecule has 2 aromatic carbocycles. The van der Waals surface area contributed by atoms with Crippen molar-refractivity contribution in [1.82, 2.24) is 20.7 Å². The van der Waals surface area contributed by atoms with Crippen LogP contribution in [0.3, 0.4) is 0 Å². The standard InChI is InChI=1S/C29H38F2N6O3/c1-4-32-11-12-36(24-14-21-9-10-27(38)37(19-26(30)31)25(21)13-20(24)2)29(40)16-33-15-28(39)34(3)35-17-22-7-5-6-8-23(22)18-35/h5-8,13-14,26,32-33H,4,9-12,15-19H2,1-3H3. The number of alkyl halides is 2. The third kappa shape index (κ3) is 6.83. The van der Waals surface area contributed by atoms with E-state index in [1.54, 1.807) is 23.0 Å². The van der Waals surface area contributed by atoms with E-state index in [4.69, 9.17) is 0 Å². The van der Waals surface area contributed by atoms with Gasteiger partial charge < -0.3 is 15.1 Å². The van der Waals surface area contributed by atoms with Gasteiger partial charge in [0.25, 0.3) is 12.3 Å². The Morgan fingerprint density at radius 1 is 1.00 bits per heavy atom. The van der Waals surface area contributed by atoms with Gasteiger partial charge >= 0.3 is 0 Å². The SMILES string of the molecule is CCNCCN(C(=O)CNCC(=O)N(C)N1Cc2ccccc2C1)c1cc2c(cc1C)N(CC(F)F)C(=O)CC2. The Kier molecular flexibility index (Phi) is 9.83. The lowest BCUT2D eigenvalue weighted by atomic mass is 9.97. The molecule has 3 amide bonds. The summed E-state index contributed by atoms with van der Waals surface area (Å²) in [5.74, 6) is -0.675. The van der Waals surface area contributed by atoms with Gasteiger partial charge in [-0.15, -0.1) is 0 Å². The van der Waals surface area contributed by atoms with Crippen molar-refractivity contribution in [3.8, 4) is 0 Å². The predicted octanol–water partition coefficient (Wildman–Crippen LogP) is 2.46. The maximum absolute atomic E-state index is 13.4. The number of aryl methyl sites for hydroxylation is 2. The van der Waals surface area contributed by atoms with Crippen LogP contribution < -0.4 is 20.4 Å². The highest BCUT2D eigenvalue weighted by Crippen LogP contribution is 2.35. The Bertz CT molecular complexity index is 1220. The molecule has 40 heavy (non-hydrogen) atoms. The molecule has 4 rings (SSSR count). The van der Waals surface area contributed by atoms with Gasteiger partial charge in [-0.25, -0.2) is 13.8 Å². The first-order chi connectivity index (χ1) is 19.2. The number of nitrogens with zero attached hydrogens (tertiary/aromatic N) is 4. The highest BCUT2D eigenvalue weighted by Gasteiger charge is 2.29. The minimum absolute atomic E-state index is 0.00397. The highest BCUT2D eigenvalue weighted by molar-refractivity contribution is 5.99. The van der Waals surface area contributed by atoms with Crippen LogP contribution in [0.1, 0.15) is 35.6 Å². The first-order valence-electron chi connectivity index (χ1n) is 13.7. The largest absolute Gasteiger partial charge is 0.315 e. The molecule has 0 atom stereocenters. The number of carbonyl (C=O) groups is 3. The first-order valence-corrected chi connectivity index (χ1v) is 13.7. The molecule has 0 bridgehead atoms. The molecule has 2 aliphatic heterocycles. The van der Waals surface area contributed by atoms with E-state index in [0.717, 1.165) is 17.0 Å². The van der Waals surface area contributed by atoms with Crippen molar-refractivity contribution in [3.63, 3.8) is 0 Å². The molecule has 0 aromatic heterocycles. The number of nitrogens with one attached hydrogen (secondary N) is 2. The Balaban J connectivity index is 1.42. The Hall–Kier alpha value is -3.41. The maximum Gasteiger partial charge on any atom is 0.256 e. The van der Waals surface area contributed by atoms with Gasteiger partial charge in [-0.2, -0.15) is 0 Å². The number of fused-ring (bicyclic) bond motifs is 2. The zero-order valence-electron chi connectivity index (χ0n) is 23.4. The number of hydrazine groups is 1. The van der Waals surface area contributed by atoms with Crippen molar-refractivity contribution >= 4 is 29.1 Å². The number of hydrogen-bond acceptors (Lipinski definition) is 6. The summed E-state index contributed by atoms with van der Waals surface area (Å²) < 4.78 is 26.3. The van der Waals surface area contributed by atoms with Crippen LogP contribution in [-0.2, 0) is 33.9 Å². The molecule has 216 valence electrons. The first kappa shape index (κ1) is 29.6. The molecule has 0 unspecified atom stereocenters. The molecule has 2 heterocycles. The summed E-state index contributed by atoms with van der Waals surface area (Å²) in [6, 6.07) is 11.7. The third-order valence-corrected chi connectivity index (χ3v) is 7.43. The predicted molar refractivity (Wildman–Crippen MR) is 150 cm³/mol. The van der Waals surface area contributed by atoms with Crippen LogP contribution in [0, 0.1) is 6.92 Å². The van der Waals surface area contributed by atoms with Crippen molar-refractivity contribution in [2.75, 3.05) is 56.1 Å². The van der Waals surface area contributed by atoms with Crippen LogP contribution in [0.2, 0.25) is 0 Å². The smallest absolute Gasteiger partial charge is 0.256 e. The van der Waals surface area contributed by atoms with Crippen LogP contribution in [-0.4, -0.2) is 80.5 Å². The number of likely N-dealkylation sites (N-methyl/N-ethyl adjacent to an activating group) is 2. The van der Waals surface area contributed by atoms with Crippen molar-refractivity contribution in [2.24, 2.45) is 0 Å². The lowest BCUT2D eigenvalue weighted by Crippen LogP contribution is -2.47. The molecule has 9 nitrogen and oxygen atoms in total. The van der Waals surface area contributed by atoms with E-state index in [1.807, 2.05) is 37.1 Å². The van der Waals surface area contributed by atoms with Crippen LogP contribution in [0.25, 0.3) is 0 Å². The van der Waals surface area contributed by atoms with Gasteiger partial charge in [-0.3, -0.25) is 24.7 Å². The average Bonchev–Trinajstić information content (AvgIpc) is 3.36. The monoisotopic (exact) mass is 556 g/mol. The molecule has 2 aliphatic rings. The number of carbonyl (C=O) groups excluding carboxylic acids is 3. The fraction of sp³-hybridized carbons (Fsp3) is 0.483. The summed E-state index contributed by atoms with van der Waals surface area (Å²) in [5.41, 5.74) is 5.02. The number of rotatable bonds is 12. The van der Waals surface area contributed by atoms with Gasteiger partial charge in [0.1, 0.15) is 0 Å². The fourth-order valence-corrected chi connectivity index (χ4v) is 5.23. The quantitative estimate of drug-likeness (QED) is 0.391. The number of halogens is 2. The topological polar surface area (TPSA) is 88.2 Å². The fourth-order valence-electron chi connectivity index (χ4n) is 5.23. The van der Waals surface area contributed by atoms with Crippen LogP contribution in [0.5, 0.6) is 0 Å². The second-order valence-corrected chi connectivity index (χ2v) is 10.2. The Morgan fingerprint density at radius 2 is 1.68 bits per heavy atom. The zero-order valence-corrected chi connectivity index (χ0v) is 23.4. The summed E-state index contributed by atoms with van der Waals surface area (Å²) in [5, 5.41) is 9.80. The maximum atomic E-state index is 13.4.